The van der Waals surface area contributed by atoms with Crippen LogP contribution < -0.4 is 5.32 Å². The lowest BCUT2D eigenvalue weighted by atomic mass is 10.1. The minimum Gasteiger partial charge on any atom is -0.461 e. The SMILES string of the molecule is CC(CNC(=O)c1cc(-c2ccco2)on1)N1CCCCC1. The lowest BCUT2D eigenvalue weighted by Gasteiger charge is -2.32. The van der Waals surface area contributed by atoms with Gasteiger partial charge >= 0.3 is 0 Å². The van der Waals surface area contributed by atoms with Crippen molar-refractivity contribution in [1.29, 1.82) is 0 Å². The summed E-state index contributed by atoms with van der Waals surface area (Å²) < 4.78 is 10.4. The maximum atomic E-state index is 12.1. The van der Waals surface area contributed by atoms with E-state index in [1.807, 2.05) is 0 Å². The number of nitrogens with zero attached hydrogens (tertiary/aromatic N) is 2. The second-order valence-corrected chi connectivity index (χ2v) is 5.71. The zero-order valence-corrected chi connectivity index (χ0v) is 12.7. The summed E-state index contributed by atoms with van der Waals surface area (Å²) in [4.78, 5) is 14.5. The fourth-order valence-corrected chi connectivity index (χ4v) is 2.74. The molecule has 0 radical (unpaired) electrons. The third-order valence-electron chi connectivity index (χ3n) is 4.08. The van der Waals surface area contributed by atoms with Crippen molar-refractivity contribution in [1.82, 2.24) is 15.4 Å². The zero-order chi connectivity index (χ0) is 15.4. The van der Waals surface area contributed by atoms with E-state index < -0.39 is 0 Å². The first-order valence-corrected chi connectivity index (χ1v) is 7.77. The quantitative estimate of drug-likeness (QED) is 0.919. The summed E-state index contributed by atoms with van der Waals surface area (Å²) in [5.41, 5.74) is 0.275. The molecule has 2 aromatic rings. The topological polar surface area (TPSA) is 71.5 Å². The first-order chi connectivity index (χ1) is 10.7. The van der Waals surface area contributed by atoms with E-state index in [9.17, 15) is 4.79 Å². The maximum absolute atomic E-state index is 12.1. The van der Waals surface area contributed by atoms with Crippen LogP contribution in [0.3, 0.4) is 0 Å². The Morgan fingerprint density at radius 3 is 2.91 bits per heavy atom. The largest absolute Gasteiger partial charge is 0.461 e. The van der Waals surface area contributed by atoms with Crippen LogP contribution in [-0.4, -0.2) is 41.6 Å². The number of nitrogens with one attached hydrogen (secondary N) is 1. The molecule has 1 amide bonds. The van der Waals surface area contributed by atoms with Crippen molar-refractivity contribution in [2.24, 2.45) is 0 Å². The van der Waals surface area contributed by atoms with E-state index in [1.54, 1.807) is 24.5 Å². The molecule has 1 aliphatic rings. The van der Waals surface area contributed by atoms with E-state index in [0.717, 1.165) is 13.1 Å². The van der Waals surface area contributed by atoms with Gasteiger partial charge in [0.1, 0.15) is 0 Å². The molecule has 0 aromatic carbocycles. The number of aromatic nitrogens is 1. The molecule has 0 aliphatic carbocycles. The highest BCUT2D eigenvalue weighted by Gasteiger charge is 2.19. The summed E-state index contributed by atoms with van der Waals surface area (Å²) in [5, 5.41) is 6.72. The predicted molar refractivity (Wildman–Crippen MR) is 81.4 cm³/mol. The Morgan fingerprint density at radius 2 is 2.18 bits per heavy atom. The van der Waals surface area contributed by atoms with Crippen molar-refractivity contribution in [3.05, 3.63) is 30.2 Å². The summed E-state index contributed by atoms with van der Waals surface area (Å²) >= 11 is 0. The Bertz CT molecular complexity index is 600. The zero-order valence-electron chi connectivity index (χ0n) is 12.7. The van der Waals surface area contributed by atoms with Gasteiger partial charge in [-0.15, -0.1) is 0 Å². The van der Waals surface area contributed by atoms with E-state index >= 15 is 0 Å². The van der Waals surface area contributed by atoms with E-state index in [2.05, 4.69) is 22.3 Å². The van der Waals surface area contributed by atoms with Gasteiger partial charge in [-0.3, -0.25) is 9.69 Å². The van der Waals surface area contributed by atoms with Crippen LogP contribution in [0, 0.1) is 0 Å². The smallest absolute Gasteiger partial charge is 0.273 e. The van der Waals surface area contributed by atoms with Gasteiger partial charge in [-0.25, -0.2) is 0 Å². The van der Waals surface area contributed by atoms with E-state index in [-0.39, 0.29) is 11.6 Å². The molecule has 1 N–H and O–H groups in total. The van der Waals surface area contributed by atoms with Crippen LogP contribution in [0.4, 0.5) is 0 Å². The van der Waals surface area contributed by atoms with Gasteiger partial charge in [-0.05, 0) is 45.0 Å². The van der Waals surface area contributed by atoms with Crippen molar-refractivity contribution >= 4 is 5.91 Å². The Labute approximate surface area is 129 Å². The van der Waals surface area contributed by atoms with Crippen molar-refractivity contribution < 1.29 is 13.7 Å². The Morgan fingerprint density at radius 1 is 1.36 bits per heavy atom. The van der Waals surface area contributed by atoms with Crippen LogP contribution in [0.25, 0.3) is 11.5 Å². The molecule has 0 spiro atoms. The highest BCUT2D eigenvalue weighted by atomic mass is 16.5. The van der Waals surface area contributed by atoms with Gasteiger partial charge in [0.25, 0.3) is 5.91 Å². The van der Waals surface area contributed by atoms with Crippen molar-refractivity contribution in [3.63, 3.8) is 0 Å². The molecule has 1 aliphatic heterocycles. The van der Waals surface area contributed by atoms with Crippen molar-refractivity contribution in [3.8, 4) is 11.5 Å². The molecule has 3 rings (SSSR count). The molecule has 1 unspecified atom stereocenters. The normalized spacial score (nSPS) is 17.3. The fraction of sp³-hybridized carbons (Fsp3) is 0.500. The molecular weight excluding hydrogens is 282 g/mol. The lowest BCUT2D eigenvalue weighted by Crippen LogP contribution is -2.44. The second-order valence-electron chi connectivity index (χ2n) is 5.71. The number of carbonyl (C=O) groups excluding carboxylic acids is 1. The highest BCUT2D eigenvalue weighted by Crippen LogP contribution is 2.20. The summed E-state index contributed by atoms with van der Waals surface area (Å²) in [6.45, 7) is 4.98. The number of likely N-dealkylation sites (tertiary alicyclic amines) is 1. The van der Waals surface area contributed by atoms with Gasteiger partial charge in [-0.2, -0.15) is 0 Å². The summed E-state index contributed by atoms with van der Waals surface area (Å²) in [7, 11) is 0. The minimum absolute atomic E-state index is 0.217. The van der Waals surface area contributed by atoms with Crippen molar-refractivity contribution in [2.45, 2.75) is 32.2 Å². The molecule has 2 aromatic heterocycles. The standard InChI is InChI=1S/C16H21N3O3/c1-12(19-7-3-2-4-8-19)11-17-16(20)13-10-15(22-18-13)14-6-5-9-21-14/h5-6,9-10,12H,2-4,7-8,11H2,1H3,(H,17,20). The average Bonchev–Trinajstić information content (AvgIpc) is 3.23. The van der Waals surface area contributed by atoms with Gasteiger partial charge in [0.05, 0.1) is 6.26 Å². The van der Waals surface area contributed by atoms with E-state index in [4.69, 9.17) is 8.94 Å². The third-order valence-corrected chi connectivity index (χ3v) is 4.08. The number of hydrogen-bond acceptors (Lipinski definition) is 5. The Balaban J connectivity index is 1.53. The van der Waals surface area contributed by atoms with Crippen LogP contribution in [-0.2, 0) is 0 Å². The number of amides is 1. The molecule has 6 nitrogen and oxygen atoms in total. The molecule has 1 fully saturated rings. The summed E-state index contributed by atoms with van der Waals surface area (Å²) in [5.74, 6) is 0.804. The van der Waals surface area contributed by atoms with Gasteiger partial charge in [0, 0.05) is 18.7 Å². The van der Waals surface area contributed by atoms with Gasteiger partial charge in [-0.1, -0.05) is 11.6 Å². The van der Waals surface area contributed by atoms with Gasteiger partial charge in [0.15, 0.2) is 11.5 Å². The summed E-state index contributed by atoms with van der Waals surface area (Å²) in [6.07, 6.45) is 5.35. The monoisotopic (exact) mass is 303 g/mol. The second kappa shape index (κ2) is 6.79. The lowest BCUT2D eigenvalue weighted by molar-refractivity contribution is 0.0921. The van der Waals surface area contributed by atoms with Crippen LogP contribution >= 0.6 is 0 Å². The Hall–Kier alpha value is -2.08. The van der Waals surface area contributed by atoms with E-state index in [0.29, 0.717) is 24.1 Å². The first-order valence-electron chi connectivity index (χ1n) is 7.77. The van der Waals surface area contributed by atoms with Crippen LogP contribution in [0.1, 0.15) is 36.7 Å². The molecule has 22 heavy (non-hydrogen) atoms. The highest BCUT2D eigenvalue weighted by molar-refractivity contribution is 5.92. The first kappa shape index (κ1) is 14.8. The summed E-state index contributed by atoms with van der Waals surface area (Å²) in [6, 6.07) is 5.46. The molecule has 1 atom stereocenters. The molecular formula is C16H21N3O3. The van der Waals surface area contributed by atoms with Crippen molar-refractivity contribution in [2.75, 3.05) is 19.6 Å². The number of rotatable bonds is 5. The number of furan rings is 1. The molecule has 6 heteroatoms. The van der Waals surface area contributed by atoms with Crippen LogP contribution in [0.15, 0.2) is 33.4 Å². The van der Waals surface area contributed by atoms with Gasteiger partial charge < -0.3 is 14.3 Å². The van der Waals surface area contributed by atoms with Crippen LogP contribution in [0.2, 0.25) is 0 Å². The number of carbonyl (C=O) groups is 1. The van der Waals surface area contributed by atoms with Gasteiger partial charge in [0.2, 0.25) is 5.76 Å². The molecule has 118 valence electrons. The number of hydrogen-bond donors (Lipinski definition) is 1. The maximum Gasteiger partial charge on any atom is 0.273 e. The van der Waals surface area contributed by atoms with Crippen LogP contribution in [0.5, 0.6) is 0 Å². The third kappa shape index (κ3) is 3.39. The van der Waals surface area contributed by atoms with E-state index in [1.165, 1.54) is 19.3 Å². The molecule has 3 heterocycles. The number of piperidine rings is 1. The predicted octanol–water partition coefficient (Wildman–Crippen LogP) is 2.54. The molecule has 1 saturated heterocycles. The molecule has 0 saturated carbocycles. The Kier molecular flexibility index (Phi) is 4.58. The fourth-order valence-electron chi connectivity index (χ4n) is 2.74. The molecule has 0 bridgehead atoms. The average molecular weight is 303 g/mol. The minimum atomic E-state index is -0.217.